The summed E-state index contributed by atoms with van der Waals surface area (Å²) in [5.74, 6) is 0.874. The quantitative estimate of drug-likeness (QED) is 0.347. The molecule has 8 heteroatoms. The van der Waals surface area contributed by atoms with Crippen molar-refractivity contribution in [2.24, 2.45) is 5.16 Å². The van der Waals surface area contributed by atoms with E-state index in [4.69, 9.17) is 32.7 Å². The third kappa shape index (κ3) is 6.63. The second kappa shape index (κ2) is 11.1. The van der Waals surface area contributed by atoms with Crippen molar-refractivity contribution in [1.82, 2.24) is 4.90 Å². The van der Waals surface area contributed by atoms with Gasteiger partial charge in [-0.05, 0) is 38.5 Å². The smallest absolute Gasteiger partial charge is 0.256 e. The van der Waals surface area contributed by atoms with Crippen LogP contribution in [0.3, 0.4) is 0 Å². The number of hydrogen-bond donors (Lipinski definition) is 0. The molecule has 25 heavy (non-hydrogen) atoms. The summed E-state index contributed by atoms with van der Waals surface area (Å²) in [4.78, 5) is 17.4. The number of oxime groups is 1. The van der Waals surface area contributed by atoms with Crippen LogP contribution in [0.2, 0.25) is 0 Å². The Labute approximate surface area is 158 Å². The Morgan fingerprint density at radius 3 is 2.44 bits per heavy atom. The molecule has 0 aliphatic rings. The first-order chi connectivity index (χ1) is 11.9. The van der Waals surface area contributed by atoms with Crippen LogP contribution < -0.4 is 9.47 Å². The van der Waals surface area contributed by atoms with Crippen molar-refractivity contribution < 1.29 is 19.1 Å². The van der Waals surface area contributed by atoms with E-state index in [2.05, 4.69) is 9.99 Å². The number of carbonyl (C=O) groups is 1. The molecule has 0 bridgehead atoms. The molecular formula is C17H24Cl2N2O4. The van der Waals surface area contributed by atoms with Crippen LogP contribution in [0.4, 0.5) is 0 Å². The lowest BCUT2D eigenvalue weighted by Crippen LogP contribution is -2.41. The molecule has 0 aliphatic heterocycles. The molecule has 0 saturated heterocycles. The van der Waals surface area contributed by atoms with Crippen molar-refractivity contribution in [3.8, 4) is 11.5 Å². The standard InChI is InChI=1S/C17H24Cl2N2O4/c1-5-24-14-8-7-13(9-15(14)25-6-2)11-21(17(22)16(18)19)12(3)10-20-23-4/h7-10,12,16H,5-6,11H2,1-4H3/b20-10+. The number of hydrogen-bond acceptors (Lipinski definition) is 5. The van der Waals surface area contributed by atoms with E-state index in [-0.39, 0.29) is 12.6 Å². The number of benzene rings is 1. The van der Waals surface area contributed by atoms with Crippen molar-refractivity contribution in [1.29, 1.82) is 0 Å². The van der Waals surface area contributed by atoms with E-state index in [0.29, 0.717) is 24.7 Å². The van der Waals surface area contributed by atoms with Gasteiger partial charge in [0.2, 0.25) is 0 Å². The van der Waals surface area contributed by atoms with E-state index in [1.165, 1.54) is 18.2 Å². The van der Waals surface area contributed by atoms with Crippen LogP contribution in [0.1, 0.15) is 26.3 Å². The Kier molecular flexibility index (Phi) is 9.45. The molecule has 1 aromatic carbocycles. The highest BCUT2D eigenvalue weighted by molar-refractivity contribution is 6.53. The predicted molar refractivity (Wildman–Crippen MR) is 99.8 cm³/mol. The van der Waals surface area contributed by atoms with Crippen LogP contribution in [0.25, 0.3) is 0 Å². The van der Waals surface area contributed by atoms with E-state index >= 15 is 0 Å². The zero-order valence-corrected chi connectivity index (χ0v) is 16.4. The van der Waals surface area contributed by atoms with Gasteiger partial charge >= 0.3 is 0 Å². The van der Waals surface area contributed by atoms with Gasteiger partial charge < -0.3 is 19.2 Å². The Morgan fingerprint density at radius 1 is 1.24 bits per heavy atom. The molecular weight excluding hydrogens is 367 g/mol. The first kappa shape index (κ1) is 21.4. The number of carbonyl (C=O) groups excluding carboxylic acids is 1. The largest absolute Gasteiger partial charge is 0.490 e. The predicted octanol–water partition coefficient (Wildman–Crippen LogP) is 3.64. The van der Waals surface area contributed by atoms with Crippen molar-refractivity contribution >= 4 is 35.3 Å². The molecule has 1 aromatic rings. The monoisotopic (exact) mass is 390 g/mol. The molecule has 1 rings (SSSR count). The molecule has 0 heterocycles. The molecule has 0 aromatic heterocycles. The maximum absolute atomic E-state index is 12.3. The summed E-state index contributed by atoms with van der Waals surface area (Å²) in [6.07, 6.45) is 1.51. The van der Waals surface area contributed by atoms with Gasteiger partial charge in [0, 0.05) is 6.54 Å². The minimum absolute atomic E-state index is 0.290. The third-order valence-corrected chi connectivity index (χ3v) is 3.68. The normalized spacial score (nSPS) is 12.3. The van der Waals surface area contributed by atoms with Gasteiger partial charge in [0.1, 0.15) is 7.11 Å². The number of ether oxygens (including phenoxy) is 2. The summed E-state index contributed by atoms with van der Waals surface area (Å²) in [7, 11) is 1.43. The number of halogens is 2. The minimum Gasteiger partial charge on any atom is -0.490 e. The molecule has 1 amide bonds. The zero-order chi connectivity index (χ0) is 18.8. The minimum atomic E-state index is -1.16. The van der Waals surface area contributed by atoms with Gasteiger partial charge in [0.05, 0.1) is 25.5 Å². The van der Waals surface area contributed by atoms with Crippen LogP contribution in [0.5, 0.6) is 11.5 Å². The summed E-state index contributed by atoms with van der Waals surface area (Å²) in [6, 6.07) is 5.17. The Hall–Kier alpha value is -1.66. The van der Waals surface area contributed by atoms with E-state index in [0.717, 1.165) is 5.56 Å². The van der Waals surface area contributed by atoms with Crippen molar-refractivity contribution in [2.45, 2.75) is 38.2 Å². The van der Waals surface area contributed by atoms with E-state index in [1.54, 1.807) is 6.92 Å². The average molecular weight is 391 g/mol. The molecule has 0 saturated carbocycles. The van der Waals surface area contributed by atoms with Crippen LogP contribution in [0, 0.1) is 0 Å². The molecule has 0 aliphatic carbocycles. The molecule has 1 unspecified atom stereocenters. The number of nitrogens with zero attached hydrogens (tertiary/aromatic N) is 2. The van der Waals surface area contributed by atoms with Gasteiger partial charge in [-0.3, -0.25) is 4.79 Å². The van der Waals surface area contributed by atoms with Gasteiger partial charge in [-0.1, -0.05) is 34.4 Å². The molecule has 0 fully saturated rings. The Balaban J connectivity index is 3.08. The fourth-order valence-corrected chi connectivity index (χ4v) is 2.42. The molecule has 1 atom stereocenters. The highest BCUT2D eigenvalue weighted by Crippen LogP contribution is 2.29. The zero-order valence-electron chi connectivity index (χ0n) is 14.9. The van der Waals surface area contributed by atoms with Crippen molar-refractivity contribution in [3.63, 3.8) is 0 Å². The Morgan fingerprint density at radius 2 is 1.88 bits per heavy atom. The highest BCUT2D eigenvalue weighted by Gasteiger charge is 2.25. The maximum Gasteiger partial charge on any atom is 0.256 e. The van der Waals surface area contributed by atoms with E-state index in [1.807, 2.05) is 32.0 Å². The first-order valence-electron chi connectivity index (χ1n) is 7.98. The van der Waals surface area contributed by atoms with Crippen molar-refractivity contribution in [3.05, 3.63) is 23.8 Å². The van der Waals surface area contributed by atoms with Gasteiger partial charge in [-0.15, -0.1) is 0 Å². The second-order valence-electron chi connectivity index (χ2n) is 5.09. The van der Waals surface area contributed by atoms with Crippen molar-refractivity contribution in [2.75, 3.05) is 20.3 Å². The summed E-state index contributed by atoms with van der Waals surface area (Å²) in [5.41, 5.74) is 0.854. The van der Waals surface area contributed by atoms with Crippen LogP contribution >= 0.6 is 23.2 Å². The molecule has 6 nitrogen and oxygen atoms in total. The third-order valence-electron chi connectivity index (χ3n) is 3.30. The summed E-state index contributed by atoms with van der Waals surface area (Å²) in [5, 5.41) is 3.71. The molecule has 0 spiro atoms. The Bertz CT molecular complexity index is 582. The molecule has 0 N–H and O–H groups in total. The number of amides is 1. The van der Waals surface area contributed by atoms with E-state index < -0.39 is 10.7 Å². The maximum atomic E-state index is 12.3. The average Bonchev–Trinajstić information content (AvgIpc) is 2.59. The summed E-state index contributed by atoms with van der Waals surface area (Å²) in [6.45, 7) is 6.94. The van der Waals surface area contributed by atoms with Gasteiger partial charge in [0.25, 0.3) is 5.91 Å². The number of alkyl halides is 2. The highest BCUT2D eigenvalue weighted by atomic mass is 35.5. The van der Waals surface area contributed by atoms with Crippen LogP contribution in [-0.2, 0) is 16.2 Å². The first-order valence-corrected chi connectivity index (χ1v) is 8.85. The van der Waals surface area contributed by atoms with Crippen LogP contribution in [-0.4, -0.2) is 48.2 Å². The van der Waals surface area contributed by atoms with E-state index in [9.17, 15) is 4.79 Å². The molecule has 0 radical (unpaired) electrons. The fraction of sp³-hybridized carbons (Fsp3) is 0.529. The number of rotatable bonds is 10. The lowest BCUT2D eigenvalue weighted by atomic mass is 10.1. The van der Waals surface area contributed by atoms with Crippen LogP contribution in [0.15, 0.2) is 23.4 Å². The lowest BCUT2D eigenvalue weighted by molar-refractivity contribution is -0.130. The lowest BCUT2D eigenvalue weighted by Gasteiger charge is -2.27. The molecule has 140 valence electrons. The second-order valence-corrected chi connectivity index (χ2v) is 6.19. The summed E-state index contributed by atoms with van der Waals surface area (Å²) < 4.78 is 11.2. The summed E-state index contributed by atoms with van der Waals surface area (Å²) >= 11 is 11.5. The van der Waals surface area contributed by atoms with Gasteiger partial charge in [-0.25, -0.2) is 0 Å². The topological polar surface area (TPSA) is 60.4 Å². The van der Waals surface area contributed by atoms with Gasteiger partial charge in [0.15, 0.2) is 16.3 Å². The fourth-order valence-electron chi connectivity index (χ4n) is 2.17. The van der Waals surface area contributed by atoms with Gasteiger partial charge in [-0.2, -0.15) is 0 Å². The SMILES string of the molecule is CCOc1ccc(CN(C(=O)C(Cl)Cl)C(C)/C=N/OC)cc1OCC.